The van der Waals surface area contributed by atoms with Crippen LogP contribution >= 0.6 is 15.9 Å². The Morgan fingerprint density at radius 1 is 1.21 bits per heavy atom. The molecule has 1 aromatic heterocycles. The van der Waals surface area contributed by atoms with Gasteiger partial charge in [-0.25, -0.2) is 0 Å². The molecule has 0 bridgehead atoms. The van der Waals surface area contributed by atoms with Gasteiger partial charge in [0.05, 0.1) is 13.2 Å². The maximum atomic E-state index is 12.9. The van der Waals surface area contributed by atoms with Gasteiger partial charge in [0.2, 0.25) is 0 Å². The number of nitrogens with one attached hydrogen (secondary N) is 1. The van der Waals surface area contributed by atoms with Gasteiger partial charge in [-0.2, -0.15) is 0 Å². The molecule has 1 atom stereocenters. The zero-order valence-electron chi connectivity index (χ0n) is 16.7. The zero-order chi connectivity index (χ0) is 20.4. The Balaban J connectivity index is 1.53. The Bertz CT molecular complexity index is 1010. The molecule has 1 amide bonds. The number of halogens is 1. The Morgan fingerprint density at radius 3 is 2.62 bits per heavy atom. The van der Waals surface area contributed by atoms with Crippen LogP contribution in [0.15, 0.2) is 51.4 Å². The van der Waals surface area contributed by atoms with Crippen molar-refractivity contribution >= 4 is 32.8 Å². The van der Waals surface area contributed by atoms with Crippen molar-refractivity contribution in [1.29, 1.82) is 0 Å². The van der Waals surface area contributed by atoms with E-state index in [4.69, 9.17) is 9.15 Å². The molecular formula is C23H25BrN2O3. The molecule has 0 radical (unpaired) electrons. The van der Waals surface area contributed by atoms with Gasteiger partial charge in [0.1, 0.15) is 11.3 Å². The molecule has 2 aromatic carbocycles. The van der Waals surface area contributed by atoms with Gasteiger partial charge < -0.3 is 14.5 Å². The van der Waals surface area contributed by atoms with Crippen LogP contribution in [0.4, 0.5) is 0 Å². The van der Waals surface area contributed by atoms with Crippen molar-refractivity contribution in [3.63, 3.8) is 0 Å². The van der Waals surface area contributed by atoms with Crippen molar-refractivity contribution in [2.24, 2.45) is 0 Å². The van der Waals surface area contributed by atoms with Crippen molar-refractivity contribution in [3.8, 4) is 5.75 Å². The number of hydrogen-bond acceptors (Lipinski definition) is 4. The minimum absolute atomic E-state index is 0.131. The van der Waals surface area contributed by atoms with Gasteiger partial charge in [0, 0.05) is 22.0 Å². The number of fused-ring (bicyclic) bond motifs is 1. The zero-order valence-corrected chi connectivity index (χ0v) is 18.3. The molecule has 2 heterocycles. The van der Waals surface area contributed by atoms with Gasteiger partial charge in [0.15, 0.2) is 5.76 Å². The maximum Gasteiger partial charge on any atom is 0.287 e. The lowest BCUT2D eigenvalue weighted by Gasteiger charge is -2.28. The minimum atomic E-state index is -0.174. The van der Waals surface area contributed by atoms with E-state index in [1.54, 1.807) is 7.11 Å². The molecule has 1 saturated heterocycles. The number of furan rings is 1. The lowest BCUT2D eigenvalue weighted by atomic mass is 10.0. The molecule has 1 aliphatic heterocycles. The number of likely N-dealkylation sites (tertiary alicyclic amines) is 1. The summed E-state index contributed by atoms with van der Waals surface area (Å²) in [5.74, 6) is 1.04. The van der Waals surface area contributed by atoms with Crippen molar-refractivity contribution in [2.45, 2.75) is 25.8 Å². The van der Waals surface area contributed by atoms with Gasteiger partial charge >= 0.3 is 0 Å². The highest BCUT2D eigenvalue weighted by atomic mass is 79.9. The molecular weight excluding hydrogens is 432 g/mol. The Morgan fingerprint density at radius 2 is 1.93 bits per heavy atom. The molecule has 5 nitrogen and oxygen atoms in total. The highest BCUT2D eigenvalue weighted by molar-refractivity contribution is 9.10. The van der Waals surface area contributed by atoms with Gasteiger partial charge in [0.25, 0.3) is 5.91 Å². The lowest BCUT2D eigenvalue weighted by molar-refractivity contribution is 0.0911. The first kappa shape index (κ1) is 20.0. The van der Waals surface area contributed by atoms with Crippen LogP contribution in [0.5, 0.6) is 5.75 Å². The van der Waals surface area contributed by atoms with Crippen LogP contribution in [-0.4, -0.2) is 37.6 Å². The van der Waals surface area contributed by atoms with Crippen molar-refractivity contribution < 1.29 is 13.9 Å². The standard InChI is InChI=1S/C23H25BrN2O3/c1-15-19-10-7-17(24)13-21(19)29-22(15)23(27)25-14-20(26-11-3-4-12-26)16-5-8-18(28-2)9-6-16/h5-10,13,20H,3-4,11-12,14H2,1-2H3,(H,25,27). The van der Waals surface area contributed by atoms with E-state index < -0.39 is 0 Å². The quantitative estimate of drug-likeness (QED) is 0.561. The minimum Gasteiger partial charge on any atom is -0.497 e. The average Bonchev–Trinajstić information content (AvgIpc) is 3.37. The number of methoxy groups -OCH3 is 1. The second kappa shape index (κ2) is 8.59. The number of carbonyl (C=O) groups excluding carboxylic acids is 1. The van der Waals surface area contributed by atoms with Crippen LogP contribution in [0.3, 0.4) is 0 Å². The average molecular weight is 457 g/mol. The topological polar surface area (TPSA) is 54.7 Å². The summed E-state index contributed by atoms with van der Waals surface area (Å²) in [6, 6.07) is 14.1. The number of benzene rings is 2. The van der Waals surface area contributed by atoms with E-state index in [9.17, 15) is 4.79 Å². The molecule has 6 heteroatoms. The fraction of sp³-hybridized carbons (Fsp3) is 0.348. The molecule has 1 N–H and O–H groups in total. The summed E-state index contributed by atoms with van der Waals surface area (Å²) in [5, 5.41) is 4.06. The number of ether oxygens (including phenoxy) is 1. The Labute approximate surface area is 179 Å². The fourth-order valence-corrected chi connectivity index (χ4v) is 4.36. The largest absolute Gasteiger partial charge is 0.497 e. The van der Waals surface area contributed by atoms with Crippen LogP contribution in [0.2, 0.25) is 0 Å². The van der Waals surface area contributed by atoms with E-state index in [0.717, 1.165) is 34.3 Å². The number of nitrogens with zero attached hydrogens (tertiary/aromatic N) is 1. The van der Waals surface area contributed by atoms with Gasteiger partial charge in [-0.3, -0.25) is 9.69 Å². The number of rotatable bonds is 6. The monoisotopic (exact) mass is 456 g/mol. The summed E-state index contributed by atoms with van der Waals surface area (Å²) in [7, 11) is 1.67. The van der Waals surface area contributed by atoms with Gasteiger partial charge in [-0.15, -0.1) is 0 Å². The third-order valence-electron chi connectivity index (χ3n) is 5.64. The van der Waals surface area contributed by atoms with Gasteiger partial charge in [-0.05, 0) is 68.8 Å². The van der Waals surface area contributed by atoms with E-state index >= 15 is 0 Å². The van der Waals surface area contributed by atoms with Crippen LogP contribution in [0.25, 0.3) is 11.0 Å². The molecule has 152 valence electrons. The highest BCUT2D eigenvalue weighted by Gasteiger charge is 2.25. The van der Waals surface area contributed by atoms with Crippen molar-refractivity contribution in [3.05, 3.63) is 63.8 Å². The molecule has 0 aliphatic carbocycles. The van der Waals surface area contributed by atoms with Crippen LogP contribution in [-0.2, 0) is 0 Å². The Kier molecular flexibility index (Phi) is 5.92. The summed E-state index contributed by atoms with van der Waals surface area (Å²) in [5.41, 5.74) is 2.76. The lowest BCUT2D eigenvalue weighted by Crippen LogP contribution is -2.36. The Hall–Kier alpha value is -2.31. The highest BCUT2D eigenvalue weighted by Crippen LogP contribution is 2.29. The van der Waals surface area contributed by atoms with Crippen LogP contribution in [0, 0.1) is 6.92 Å². The molecule has 1 aliphatic rings. The first-order chi connectivity index (χ1) is 14.1. The van der Waals surface area contributed by atoms with Crippen molar-refractivity contribution in [2.75, 3.05) is 26.7 Å². The summed E-state index contributed by atoms with van der Waals surface area (Å²) in [4.78, 5) is 15.4. The molecule has 0 spiro atoms. The van der Waals surface area contributed by atoms with Crippen LogP contribution < -0.4 is 10.1 Å². The second-order valence-corrected chi connectivity index (χ2v) is 8.35. The third kappa shape index (κ3) is 4.19. The summed E-state index contributed by atoms with van der Waals surface area (Å²) in [6.07, 6.45) is 2.39. The summed E-state index contributed by atoms with van der Waals surface area (Å²) < 4.78 is 12.1. The van der Waals surface area contributed by atoms with Gasteiger partial charge in [-0.1, -0.05) is 28.1 Å². The third-order valence-corrected chi connectivity index (χ3v) is 6.14. The van der Waals surface area contributed by atoms with E-state index in [0.29, 0.717) is 17.9 Å². The first-order valence-corrected chi connectivity index (χ1v) is 10.7. The number of hydrogen-bond donors (Lipinski definition) is 1. The smallest absolute Gasteiger partial charge is 0.287 e. The van der Waals surface area contributed by atoms with Crippen LogP contribution in [0.1, 0.15) is 40.6 Å². The molecule has 29 heavy (non-hydrogen) atoms. The second-order valence-electron chi connectivity index (χ2n) is 7.44. The molecule has 4 rings (SSSR count). The first-order valence-electron chi connectivity index (χ1n) is 9.91. The predicted octanol–water partition coefficient (Wildman–Crippen LogP) is 5.08. The fourth-order valence-electron chi connectivity index (χ4n) is 4.02. The number of amides is 1. The van der Waals surface area contributed by atoms with E-state index in [1.807, 2.05) is 37.3 Å². The molecule has 0 saturated carbocycles. The summed E-state index contributed by atoms with van der Waals surface area (Å²) >= 11 is 3.45. The number of aryl methyl sites for hydroxylation is 1. The molecule has 1 unspecified atom stereocenters. The van der Waals surface area contributed by atoms with E-state index in [1.165, 1.54) is 18.4 Å². The maximum absolute atomic E-state index is 12.9. The normalized spacial score (nSPS) is 15.6. The van der Waals surface area contributed by atoms with Crippen molar-refractivity contribution in [1.82, 2.24) is 10.2 Å². The number of carbonyl (C=O) groups is 1. The summed E-state index contributed by atoms with van der Waals surface area (Å²) in [6.45, 7) is 4.55. The molecule has 1 fully saturated rings. The van der Waals surface area contributed by atoms with E-state index in [-0.39, 0.29) is 11.9 Å². The SMILES string of the molecule is COc1ccc(C(CNC(=O)c2oc3cc(Br)ccc3c2C)N2CCCC2)cc1. The van der Waals surface area contributed by atoms with E-state index in [2.05, 4.69) is 38.3 Å². The predicted molar refractivity (Wildman–Crippen MR) is 118 cm³/mol. The molecule has 3 aromatic rings.